The van der Waals surface area contributed by atoms with E-state index < -0.39 is 0 Å². The summed E-state index contributed by atoms with van der Waals surface area (Å²) in [6.07, 6.45) is 7.46. The van der Waals surface area contributed by atoms with Gasteiger partial charge < -0.3 is 24.2 Å². The third-order valence-corrected chi connectivity index (χ3v) is 3.89. The highest BCUT2D eigenvalue weighted by Crippen LogP contribution is 2.04. The molecular weight excluding hydrogens is 457 g/mol. The maximum absolute atomic E-state index is 5.56. The molecule has 0 saturated heterocycles. The molecule has 0 spiro atoms. The Bertz CT molecular complexity index is 783. The monoisotopic (exact) mass is 483 g/mol. The quantitative estimate of drug-likeness (QED) is 0.212. The Labute approximate surface area is 176 Å². The van der Waals surface area contributed by atoms with Crippen molar-refractivity contribution in [2.24, 2.45) is 4.99 Å². The summed E-state index contributed by atoms with van der Waals surface area (Å²) in [4.78, 5) is 8.82. The molecule has 0 aliphatic heterocycles. The van der Waals surface area contributed by atoms with Crippen molar-refractivity contribution in [3.8, 4) is 0 Å². The van der Waals surface area contributed by atoms with Gasteiger partial charge in [-0.3, -0.25) is 4.99 Å². The molecule has 2 N–H and O–H groups in total. The van der Waals surface area contributed by atoms with E-state index in [0.717, 1.165) is 49.0 Å². The lowest BCUT2D eigenvalue weighted by atomic mass is 10.3. The first-order valence-electron chi connectivity index (χ1n) is 8.82. The van der Waals surface area contributed by atoms with E-state index in [9.17, 15) is 0 Å². The zero-order valence-electron chi connectivity index (χ0n) is 15.4. The normalized spacial score (nSPS) is 11.4. The summed E-state index contributed by atoms with van der Waals surface area (Å²) >= 11 is 0. The van der Waals surface area contributed by atoms with Gasteiger partial charge in [0, 0.05) is 45.6 Å². The SMILES string of the molecule is CN=C(NCCCOCc1ccco1)NCCc1cn2ccccc2n1.I. The predicted octanol–water partition coefficient (Wildman–Crippen LogP) is 2.86. The molecule has 3 heterocycles. The van der Waals surface area contributed by atoms with Gasteiger partial charge in [0.15, 0.2) is 5.96 Å². The Hall–Kier alpha value is -2.07. The second-order valence-corrected chi connectivity index (χ2v) is 5.86. The third-order valence-electron chi connectivity index (χ3n) is 3.89. The molecule has 0 aromatic carbocycles. The van der Waals surface area contributed by atoms with E-state index in [4.69, 9.17) is 9.15 Å². The number of hydrogen-bond acceptors (Lipinski definition) is 4. The number of aromatic nitrogens is 2. The molecule has 3 rings (SSSR count). The van der Waals surface area contributed by atoms with Crippen molar-refractivity contribution < 1.29 is 9.15 Å². The summed E-state index contributed by atoms with van der Waals surface area (Å²) in [6.45, 7) is 2.76. The number of rotatable bonds is 9. The minimum atomic E-state index is 0. The van der Waals surface area contributed by atoms with Gasteiger partial charge in [0.25, 0.3) is 0 Å². The molecule has 0 aliphatic carbocycles. The first kappa shape index (κ1) is 21.2. The van der Waals surface area contributed by atoms with Gasteiger partial charge in [-0.1, -0.05) is 6.07 Å². The lowest BCUT2D eigenvalue weighted by molar-refractivity contribution is 0.105. The van der Waals surface area contributed by atoms with Gasteiger partial charge in [0.1, 0.15) is 18.0 Å². The number of nitrogens with zero attached hydrogens (tertiary/aromatic N) is 3. The Morgan fingerprint density at radius 3 is 2.89 bits per heavy atom. The predicted molar refractivity (Wildman–Crippen MR) is 117 cm³/mol. The summed E-state index contributed by atoms with van der Waals surface area (Å²) in [5.41, 5.74) is 2.03. The first-order valence-corrected chi connectivity index (χ1v) is 8.82. The van der Waals surface area contributed by atoms with Crippen molar-refractivity contribution in [3.63, 3.8) is 0 Å². The number of nitrogens with one attached hydrogen (secondary N) is 2. The van der Waals surface area contributed by atoms with Crippen LogP contribution in [0.2, 0.25) is 0 Å². The van der Waals surface area contributed by atoms with Crippen LogP contribution in [0.3, 0.4) is 0 Å². The Morgan fingerprint density at radius 2 is 2.11 bits per heavy atom. The number of fused-ring (bicyclic) bond motifs is 1. The number of hydrogen-bond donors (Lipinski definition) is 2. The van der Waals surface area contributed by atoms with Crippen LogP contribution in [0.4, 0.5) is 0 Å². The van der Waals surface area contributed by atoms with E-state index in [1.54, 1.807) is 13.3 Å². The van der Waals surface area contributed by atoms with Gasteiger partial charge in [-0.25, -0.2) is 4.98 Å². The van der Waals surface area contributed by atoms with Crippen molar-refractivity contribution in [1.82, 2.24) is 20.0 Å². The largest absolute Gasteiger partial charge is 0.467 e. The van der Waals surface area contributed by atoms with Gasteiger partial charge in [-0.2, -0.15) is 0 Å². The highest BCUT2D eigenvalue weighted by molar-refractivity contribution is 14.0. The maximum atomic E-state index is 5.56. The van der Waals surface area contributed by atoms with Crippen molar-refractivity contribution in [2.75, 3.05) is 26.7 Å². The number of imidazole rings is 1. The molecule has 8 heteroatoms. The van der Waals surface area contributed by atoms with Gasteiger partial charge in [-0.15, -0.1) is 24.0 Å². The van der Waals surface area contributed by atoms with Gasteiger partial charge in [0.2, 0.25) is 0 Å². The minimum Gasteiger partial charge on any atom is -0.467 e. The lowest BCUT2D eigenvalue weighted by Crippen LogP contribution is -2.39. The van der Waals surface area contributed by atoms with Crippen LogP contribution in [0.25, 0.3) is 5.65 Å². The number of ether oxygens (including phenoxy) is 1. The van der Waals surface area contributed by atoms with Gasteiger partial charge in [0.05, 0.1) is 12.0 Å². The highest BCUT2D eigenvalue weighted by Gasteiger charge is 2.02. The average molecular weight is 483 g/mol. The second kappa shape index (κ2) is 11.6. The molecular formula is C19H26IN5O2. The molecule has 0 fully saturated rings. The van der Waals surface area contributed by atoms with Crippen LogP contribution in [0.5, 0.6) is 0 Å². The number of guanidine groups is 1. The van der Waals surface area contributed by atoms with Crippen LogP contribution >= 0.6 is 24.0 Å². The number of aliphatic imine (C=N–C) groups is 1. The van der Waals surface area contributed by atoms with E-state index in [1.165, 1.54) is 0 Å². The second-order valence-electron chi connectivity index (χ2n) is 5.86. The van der Waals surface area contributed by atoms with Gasteiger partial charge in [-0.05, 0) is 30.7 Å². The number of furan rings is 1. The summed E-state index contributed by atoms with van der Waals surface area (Å²) in [7, 11) is 1.77. The van der Waals surface area contributed by atoms with Crippen LogP contribution in [0, 0.1) is 0 Å². The van der Waals surface area contributed by atoms with E-state index >= 15 is 0 Å². The van der Waals surface area contributed by atoms with Crippen molar-refractivity contribution in [3.05, 3.63) is 60.4 Å². The molecule has 0 amide bonds. The van der Waals surface area contributed by atoms with Crippen molar-refractivity contribution in [2.45, 2.75) is 19.4 Å². The topological polar surface area (TPSA) is 76.1 Å². The Morgan fingerprint density at radius 1 is 1.22 bits per heavy atom. The van der Waals surface area contributed by atoms with E-state index in [0.29, 0.717) is 13.2 Å². The molecule has 7 nitrogen and oxygen atoms in total. The molecule has 0 unspecified atom stereocenters. The van der Waals surface area contributed by atoms with Crippen LogP contribution in [-0.2, 0) is 17.8 Å². The Kier molecular flexibility index (Phi) is 9.12. The van der Waals surface area contributed by atoms with Crippen molar-refractivity contribution >= 4 is 35.6 Å². The molecule has 0 aliphatic rings. The van der Waals surface area contributed by atoms with E-state index in [2.05, 4.69) is 26.8 Å². The first-order chi connectivity index (χ1) is 12.8. The maximum Gasteiger partial charge on any atom is 0.190 e. The standard InChI is InChI=1S/C19H25N5O2.HI/c1-20-19(21-9-5-12-25-15-17-6-4-13-26-17)22-10-8-16-14-24-11-3-2-7-18(24)23-16;/h2-4,6-7,11,13-14H,5,8-10,12,15H2,1H3,(H2,20,21,22);1H. The summed E-state index contributed by atoms with van der Waals surface area (Å²) in [6, 6.07) is 9.77. The average Bonchev–Trinajstić information content (AvgIpc) is 3.32. The zero-order chi connectivity index (χ0) is 18.0. The third kappa shape index (κ3) is 6.87. The molecule has 3 aromatic rings. The van der Waals surface area contributed by atoms with Crippen molar-refractivity contribution in [1.29, 1.82) is 0 Å². The molecule has 0 radical (unpaired) electrons. The minimum absolute atomic E-state index is 0. The lowest BCUT2D eigenvalue weighted by Gasteiger charge is -2.11. The van der Waals surface area contributed by atoms with Crippen LogP contribution in [0.15, 0.2) is 58.4 Å². The molecule has 146 valence electrons. The highest BCUT2D eigenvalue weighted by atomic mass is 127. The molecule has 0 saturated carbocycles. The molecule has 0 bridgehead atoms. The fraction of sp³-hybridized carbons (Fsp3) is 0.368. The van der Waals surface area contributed by atoms with E-state index in [1.807, 2.05) is 40.9 Å². The summed E-state index contributed by atoms with van der Waals surface area (Å²) in [5.74, 6) is 1.64. The molecule has 27 heavy (non-hydrogen) atoms. The number of pyridine rings is 1. The fourth-order valence-corrected chi connectivity index (χ4v) is 2.59. The van der Waals surface area contributed by atoms with Crippen LogP contribution < -0.4 is 10.6 Å². The zero-order valence-corrected chi connectivity index (χ0v) is 17.8. The Balaban J connectivity index is 0.00000261. The molecule has 0 atom stereocenters. The molecule has 3 aromatic heterocycles. The summed E-state index contributed by atoms with van der Waals surface area (Å²) in [5, 5.41) is 6.60. The number of halogens is 1. The van der Waals surface area contributed by atoms with Gasteiger partial charge >= 0.3 is 0 Å². The van der Waals surface area contributed by atoms with Crippen LogP contribution in [-0.4, -0.2) is 42.1 Å². The van der Waals surface area contributed by atoms with Crippen LogP contribution in [0.1, 0.15) is 17.9 Å². The van der Waals surface area contributed by atoms with E-state index in [-0.39, 0.29) is 24.0 Å². The fourth-order valence-electron chi connectivity index (χ4n) is 2.59. The summed E-state index contributed by atoms with van der Waals surface area (Å²) < 4.78 is 12.8. The smallest absolute Gasteiger partial charge is 0.190 e.